The van der Waals surface area contributed by atoms with Gasteiger partial charge in [0.15, 0.2) is 0 Å². The van der Waals surface area contributed by atoms with Crippen LogP contribution in [0.1, 0.15) is 27.2 Å². The van der Waals surface area contributed by atoms with Crippen molar-refractivity contribution in [3.63, 3.8) is 0 Å². The molecule has 12 heavy (non-hydrogen) atoms. The normalized spacial score (nSPS) is 25.4. The molecule has 3 heteroatoms. The van der Waals surface area contributed by atoms with Crippen molar-refractivity contribution in [1.82, 2.24) is 4.90 Å². The highest BCUT2D eigenvalue weighted by Gasteiger charge is 2.29. The van der Waals surface area contributed by atoms with Gasteiger partial charge in [-0.25, -0.2) is 9.79 Å². The van der Waals surface area contributed by atoms with Gasteiger partial charge in [0.2, 0.25) is 6.08 Å². The van der Waals surface area contributed by atoms with Crippen LogP contribution < -0.4 is 0 Å². The number of hydrogen-bond acceptors (Lipinski definition) is 3. The van der Waals surface area contributed by atoms with Gasteiger partial charge in [-0.3, -0.25) is 4.90 Å². The quantitative estimate of drug-likeness (QED) is 0.435. The SMILES string of the molecule is CC(C)(C)N1CCC(N=C=O)C1. The second-order valence-corrected chi connectivity index (χ2v) is 4.28. The molecule has 0 saturated carbocycles. The van der Waals surface area contributed by atoms with Gasteiger partial charge in [0.25, 0.3) is 0 Å². The number of rotatable bonds is 1. The number of carbonyl (C=O) groups excluding carboxylic acids is 1. The molecule has 1 heterocycles. The average molecular weight is 168 g/mol. The Balaban J connectivity index is 2.51. The van der Waals surface area contributed by atoms with Gasteiger partial charge >= 0.3 is 0 Å². The molecule has 0 amide bonds. The third kappa shape index (κ3) is 2.16. The Morgan fingerprint density at radius 1 is 1.50 bits per heavy atom. The summed E-state index contributed by atoms with van der Waals surface area (Å²) in [6.07, 6.45) is 2.62. The lowest BCUT2D eigenvalue weighted by atomic mass is 10.1. The first-order chi connectivity index (χ1) is 5.54. The summed E-state index contributed by atoms with van der Waals surface area (Å²) in [5, 5.41) is 0. The maximum absolute atomic E-state index is 10.0. The van der Waals surface area contributed by atoms with E-state index < -0.39 is 0 Å². The Hall–Kier alpha value is -0.660. The summed E-state index contributed by atoms with van der Waals surface area (Å²) >= 11 is 0. The number of hydrogen-bond donors (Lipinski definition) is 0. The fourth-order valence-corrected chi connectivity index (χ4v) is 1.53. The topological polar surface area (TPSA) is 32.7 Å². The van der Waals surface area contributed by atoms with Crippen LogP contribution in [-0.2, 0) is 4.79 Å². The van der Waals surface area contributed by atoms with Gasteiger partial charge < -0.3 is 0 Å². The van der Waals surface area contributed by atoms with E-state index in [1.165, 1.54) is 0 Å². The molecule has 0 N–H and O–H groups in total. The monoisotopic (exact) mass is 168 g/mol. The van der Waals surface area contributed by atoms with Gasteiger partial charge in [0.1, 0.15) is 0 Å². The van der Waals surface area contributed by atoms with E-state index in [1.807, 2.05) is 0 Å². The van der Waals surface area contributed by atoms with Gasteiger partial charge in [-0.05, 0) is 27.2 Å². The summed E-state index contributed by atoms with van der Waals surface area (Å²) < 4.78 is 0. The summed E-state index contributed by atoms with van der Waals surface area (Å²) in [4.78, 5) is 16.1. The van der Waals surface area contributed by atoms with E-state index in [0.717, 1.165) is 19.5 Å². The van der Waals surface area contributed by atoms with E-state index in [1.54, 1.807) is 6.08 Å². The van der Waals surface area contributed by atoms with Crippen molar-refractivity contribution in [1.29, 1.82) is 0 Å². The fourth-order valence-electron chi connectivity index (χ4n) is 1.53. The Bertz CT molecular complexity index is 201. The summed E-state index contributed by atoms with van der Waals surface area (Å²) in [5.41, 5.74) is 0.202. The van der Waals surface area contributed by atoms with Crippen molar-refractivity contribution in [3.8, 4) is 0 Å². The maximum Gasteiger partial charge on any atom is 0.235 e. The molecule has 1 rings (SSSR count). The molecule has 1 atom stereocenters. The molecule has 1 fully saturated rings. The Kier molecular flexibility index (Phi) is 2.65. The minimum atomic E-state index is 0.182. The number of nitrogens with zero attached hydrogens (tertiary/aromatic N) is 2. The van der Waals surface area contributed by atoms with Crippen LogP contribution in [0.2, 0.25) is 0 Å². The number of aliphatic imine (C=N–C) groups is 1. The second-order valence-electron chi connectivity index (χ2n) is 4.28. The lowest BCUT2D eigenvalue weighted by molar-refractivity contribution is 0.173. The van der Waals surface area contributed by atoms with Crippen LogP contribution in [0.5, 0.6) is 0 Å². The molecule has 0 aromatic carbocycles. The molecule has 0 radical (unpaired) electrons. The molecule has 68 valence electrons. The third-order valence-electron chi connectivity index (χ3n) is 2.35. The van der Waals surface area contributed by atoms with Crippen LogP contribution in [0.15, 0.2) is 4.99 Å². The molecule has 0 aromatic rings. The highest BCUT2D eigenvalue weighted by Crippen LogP contribution is 2.21. The van der Waals surface area contributed by atoms with Gasteiger partial charge in [0.05, 0.1) is 6.04 Å². The van der Waals surface area contributed by atoms with E-state index >= 15 is 0 Å². The van der Waals surface area contributed by atoms with Crippen molar-refractivity contribution in [2.45, 2.75) is 38.8 Å². The molecule has 3 nitrogen and oxygen atoms in total. The van der Waals surface area contributed by atoms with Gasteiger partial charge in [0, 0.05) is 18.6 Å². The molecule has 0 aromatic heterocycles. The van der Waals surface area contributed by atoms with E-state index in [0.29, 0.717) is 0 Å². The minimum Gasteiger partial charge on any atom is -0.296 e. The van der Waals surface area contributed by atoms with Crippen molar-refractivity contribution >= 4 is 6.08 Å². The average Bonchev–Trinajstić information content (AvgIpc) is 2.35. The Morgan fingerprint density at radius 2 is 2.17 bits per heavy atom. The lowest BCUT2D eigenvalue weighted by Gasteiger charge is -2.31. The van der Waals surface area contributed by atoms with Gasteiger partial charge in [-0.15, -0.1) is 0 Å². The standard InChI is InChI=1S/C9H16N2O/c1-9(2,3)11-5-4-8(6-11)10-7-12/h8H,4-6H2,1-3H3. The second kappa shape index (κ2) is 3.38. The molecular weight excluding hydrogens is 152 g/mol. The minimum absolute atomic E-state index is 0.182. The predicted molar refractivity (Wildman–Crippen MR) is 47.9 cm³/mol. The third-order valence-corrected chi connectivity index (χ3v) is 2.35. The summed E-state index contributed by atoms with van der Waals surface area (Å²) in [6, 6.07) is 0.182. The molecule has 1 aliphatic heterocycles. The zero-order chi connectivity index (χ0) is 9.19. The van der Waals surface area contributed by atoms with Gasteiger partial charge in [-0.1, -0.05) is 0 Å². The molecule has 1 saturated heterocycles. The van der Waals surface area contributed by atoms with Crippen LogP contribution in [0, 0.1) is 0 Å². The molecule has 0 aliphatic carbocycles. The predicted octanol–water partition coefficient (Wildman–Crippen LogP) is 1.20. The van der Waals surface area contributed by atoms with Crippen molar-refractivity contribution in [3.05, 3.63) is 0 Å². The van der Waals surface area contributed by atoms with Crippen LogP contribution in [0.25, 0.3) is 0 Å². The van der Waals surface area contributed by atoms with Crippen LogP contribution >= 0.6 is 0 Å². The molecule has 0 bridgehead atoms. The van der Waals surface area contributed by atoms with Crippen LogP contribution in [-0.4, -0.2) is 35.7 Å². The molecular formula is C9H16N2O. The highest BCUT2D eigenvalue weighted by atomic mass is 16.1. The fraction of sp³-hybridized carbons (Fsp3) is 0.889. The zero-order valence-corrected chi connectivity index (χ0v) is 8.00. The van der Waals surface area contributed by atoms with E-state index in [4.69, 9.17) is 0 Å². The molecule has 1 unspecified atom stereocenters. The van der Waals surface area contributed by atoms with Crippen LogP contribution in [0.4, 0.5) is 0 Å². The highest BCUT2D eigenvalue weighted by molar-refractivity contribution is 5.33. The first-order valence-electron chi connectivity index (χ1n) is 4.36. The van der Waals surface area contributed by atoms with Crippen molar-refractivity contribution in [2.75, 3.05) is 13.1 Å². The largest absolute Gasteiger partial charge is 0.296 e. The first-order valence-corrected chi connectivity index (χ1v) is 4.36. The smallest absolute Gasteiger partial charge is 0.235 e. The molecule has 0 spiro atoms. The number of likely N-dealkylation sites (tertiary alicyclic amines) is 1. The maximum atomic E-state index is 10.0. The van der Waals surface area contributed by atoms with Crippen LogP contribution in [0.3, 0.4) is 0 Å². The molecule has 1 aliphatic rings. The Morgan fingerprint density at radius 3 is 2.58 bits per heavy atom. The summed E-state index contributed by atoms with van der Waals surface area (Å²) in [7, 11) is 0. The van der Waals surface area contributed by atoms with Crippen molar-refractivity contribution in [2.24, 2.45) is 4.99 Å². The summed E-state index contributed by atoms with van der Waals surface area (Å²) in [5.74, 6) is 0. The zero-order valence-electron chi connectivity index (χ0n) is 8.00. The number of isocyanates is 1. The Labute approximate surface area is 73.5 Å². The van der Waals surface area contributed by atoms with E-state index in [9.17, 15) is 4.79 Å². The summed E-state index contributed by atoms with van der Waals surface area (Å²) in [6.45, 7) is 8.48. The first kappa shape index (κ1) is 9.43. The van der Waals surface area contributed by atoms with Gasteiger partial charge in [-0.2, -0.15) is 0 Å². The lowest BCUT2D eigenvalue weighted by Crippen LogP contribution is -2.39. The van der Waals surface area contributed by atoms with Crippen molar-refractivity contribution < 1.29 is 4.79 Å². The van der Waals surface area contributed by atoms with E-state index in [-0.39, 0.29) is 11.6 Å². The van der Waals surface area contributed by atoms with E-state index in [2.05, 4.69) is 30.7 Å².